The third-order valence-corrected chi connectivity index (χ3v) is 3.67. The molecule has 0 aromatic heterocycles. The van der Waals surface area contributed by atoms with Crippen LogP contribution >= 0.6 is 11.6 Å². The SMILES string of the molecule is COc1ccc([C@H](C)NC(=O)C(=O)N/N=C\c2ccc(Cl)cc2)cc1. The van der Waals surface area contributed by atoms with Gasteiger partial charge in [0.1, 0.15) is 5.75 Å². The Morgan fingerprint density at radius 3 is 2.32 bits per heavy atom. The molecule has 0 heterocycles. The number of methoxy groups -OCH3 is 1. The minimum absolute atomic E-state index is 0.329. The summed E-state index contributed by atoms with van der Waals surface area (Å²) >= 11 is 5.78. The number of hydrogen-bond donors (Lipinski definition) is 2. The Morgan fingerprint density at radius 2 is 1.72 bits per heavy atom. The summed E-state index contributed by atoms with van der Waals surface area (Å²) < 4.78 is 5.08. The van der Waals surface area contributed by atoms with Gasteiger partial charge in [0.15, 0.2) is 0 Å². The summed E-state index contributed by atoms with van der Waals surface area (Å²) in [7, 11) is 1.58. The molecule has 0 fully saturated rings. The van der Waals surface area contributed by atoms with E-state index in [1.807, 2.05) is 12.1 Å². The van der Waals surface area contributed by atoms with Crippen LogP contribution in [0, 0.1) is 0 Å². The van der Waals surface area contributed by atoms with Gasteiger partial charge in [-0.1, -0.05) is 35.9 Å². The van der Waals surface area contributed by atoms with E-state index in [2.05, 4.69) is 15.8 Å². The van der Waals surface area contributed by atoms with E-state index in [4.69, 9.17) is 16.3 Å². The Kier molecular flexibility index (Phi) is 6.54. The number of amides is 2. The van der Waals surface area contributed by atoms with E-state index in [0.29, 0.717) is 5.02 Å². The van der Waals surface area contributed by atoms with Crippen LogP contribution in [0.4, 0.5) is 0 Å². The number of nitrogens with zero attached hydrogens (tertiary/aromatic N) is 1. The van der Waals surface area contributed by atoms with Crippen molar-refractivity contribution in [2.24, 2.45) is 5.10 Å². The molecule has 0 radical (unpaired) electrons. The van der Waals surface area contributed by atoms with Gasteiger partial charge in [0, 0.05) is 5.02 Å². The van der Waals surface area contributed by atoms with E-state index in [-0.39, 0.29) is 6.04 Å². The van der Waals surface area contributed by atoms with Gasteiger partial charge in [-0.05, 0) is 42.3 Å². The largest absolute Gasteiger partial charge is 0.497 e. The van der Waals surface area contributed by atoms with Crippen molar-refractivity contribution in [3.05, 3.63) is 64.7 Å². The zero-order valence-corrected chi connectivity index (χ0v) is 14.6. The average Bonchev–Trinajstić information content (AvgIpc) is 2.63. The molecule has 2 rings (SSSR count). The molecule has 1 atom stereocenters. The molecule has 0 unspecified atom stereocenters. The summed E-state index contributed by atoms with van der Waals surface area (Å²) in [6, 6.07) is 13.8. The average molecular weight is 360 g/mol. The molecule has 2 N–H and O–H groups in total. The lowest BCUT2D eigenvalue weighted by Gasteiger charge is -2.13. The molecule has 0 spiro atoms. The van der Waals surface area contributed by atoms with Gasteiger partial charge in [0.05, 0.1) is 19.4 Å². The van der Waals surface area contributed by atoms with Crippen LogP contribution in [0.5, 0.6) is 5.75 Å². The topological polar surface area (TPSA) is 79.8 Å². The minimum atomic E-state index is -0.842. The lowest BCUT2D eigenvalue weighted by Crippen LogP contribution is -2.39. The second-order valence-electron chi connectivity index (χ2n) is 5.22. The molecule has 2 aromatic rings. The second-order valence-corrected chi connectivity index (χ2v) is 5.66. The van der Waals surface area contributed by atoms with Crippen molar-refractivity contribution in [3.8, 4) is 5.75 Å². The Morgan fingerprint density at radius 1 is 1.08 bits per heavy atom. The molecule has 0 aliphatic carbocycles. The Hall–Kier alpha value is -2.86. The van der Waals surface area contributed by atoms with Crippen LogP contribution in [0.25, 0.3) is 0 Å². The summed E-state index contributed by atoms with van der Waals surface area (Å²) in [6.07, 6.45) is 1.43. The van der Waals surface area contributed by atoms with Crippen LogP contribution in [-0.2, 0) is 9.59 Å². The molecule has 2 amide bonds. The van der Waals surface area contributed by atoms with Crippen LogP contribution in [0.15, 0.2) is 53.6 Å². The van der Waals surface area contributed by atoms with Crippen molar-refractivity contribution in [1.29, 1.82) is 0 Å². The fourth-order valence-corrected chi connectivity index (χ4v) is 2.13. The number of nitrogens with one attached hydrogen (secondary N) is 2. The number of carbonyl (C=O) groups is 2. The van der Waals surface area contributed by atoms with E-state index in [1.165, 1.54) is 6.21 Å². The number of hydrazone groups is 1. The van der Waals surface area contributed by atoms with Gasteiger partial charge in [0.25, 0.3) is 0 Å². The number of hydrogen-bond acceptors (Lipinski definition) is 4. The summed E-state index contributed by atoms with van der Waals surface area (Å²) in [5.41, 5.74) is 3.79. The molecule has 0 saturated heterocycles. The molecule has 25 heavy (non-hydrogen) atoms. The van der Waals surface area contributed by atoms with Gasteiger partial charge in [-0.3, -0.25) is 9.59 Å². The zero-order chi connectivity index (χ0) is 18.2. The molecule has 0 bridgehead atoms. The summed E-state index contributed by atoms with van der Waals surface area (Å²) in [5, 5.41) is 6.96. The van der Waals surface area contributed by atoms with E-state index in [9.17, 15) is 9.59 Å². The van der Waals surface area contributed by atoms with Gasteiger partial charge < -0.3 is 10.1 Å². The van der Waals surface area contributed by atoms with Gasteiger partial charge in [-0.2, -0.15) is 5.10 Å². The highest BCUT2D eigenvalue weighted by molar-refractivity contribution is 6.35. The Balaban J connectivity index is 1.86. The third-order valence-electron chi connectivity index (χ3n) is 3.42. The van der Waals surface area contributed by atoms with E-state index >= 15 is 0 Å². The van der Waals surface area contributed by atoms with Crippen LogP contribution in [0.1, 0.15) is 24.1 Å². The quantitative estimate of drug-likeness (QED) is 0.489. The fourth-order valence-electron chi connectivity index (χ4n) is 2.00. The molecular formula is C18H18ClN3O3. The number of halogens is 1. The Bertz CT molecular complexity index is 758. The molecule has 2 aromatic carbocycles. The van der Waals surface area contributed by atoms with Crippen molar-refractivity contribution in [1.82, 2.24) is 10.7 Å². The number of carbonyl (C=O) groups excluding carboxylic acids is 2. The first-order valence-corrected chi connectivity index (χ1v) is 7.91. The van der Waals surface area contributed by atoms with E-state index in [1.54, 1.807) is 50.4 Å². The molecule has 6 nitrogen and oxygen atoms in total. The van der Waals surface area contributed by atoms with Gasteiger partial charge in [-0.15, -0.1) is 0 Å². The zero-order valence-electron chi connectivity index (χ0n) is 13.8. The monoisotopic (exact) mass is 359 g/mol. The maximum absolute atomic E-state index is 11.9. The first-order valence-electron chi connectivity index (χ1n) is 7.53. The van der Waals surface area contributed by atoms with Gasteiger partial charge in [0.2, 0.25) is 0 Å². The van der Waals surface area contributed by atoms with Crippen LogP contribution < -0.4 is 15.5 Å². The van der Waals surface area contributed by atoms with Gasteiger partial charge >= 0.3 is 11.8 Å². The highest BCUT2D eigenvalue weighted by Crippen LogP contribution is 2.17. The highest BCUT2D eigenvalue weighted by Gasteiger charge is 2.16. The maximum atomic E-state index is 11.9. The highest BCUT2D eigenvalue weighted by atomic mass is 35.5. The standard InChI is InChI=1S/C18H18ClN3O3/c1-12(14-5-9-16(25-2)10-6-14)21-17(23)18(24)22-20-11-13-3-7-15(19)8-4-13/h3-12H,1-2H3,(H,21,23)(H,22,24)/b20-11-/t12-/m0/s1. The predicted molar refractivity (Wildman–Crippen MR) is 96.7 cm³/mol. The summed E-state index contributed by atoms with van der Waals surface area (Å²) in [5.74, 6) is -0.890. The van der Waals surface area contributed by atoms with E-state index < -0.39 is 11.8 Å². The van der Waals surface area contributed by atoms with Crippen molar-refractivity contribution in [2.45, 2.75) is 13.0 Å². The predicted octanol–water partition coefficient (Wildman–Crippen LogP) is 2.68. The van der Waals surface area contributed by atoms with Crippen molar-refractivity contribution < 1.29 is 14.3 Å². The van der Waals surface area contributed by atoms with Crippen molar-refractivity contribution >= 4 is 29.6 Å². The van der Waals surface area contributed by atoms with Crippen LogP contribution in [0.3, 0.4) is 0 Å². The smallest absolute Gasteiger partial charge is 0.329 e. The lowest BCUT2D eigenvalue weighted by molar-refractivity contribution is -0.139. The van der Waals surface area contributed by atoms with Crippen molar-refractivity contribution in [2.75, 3.05) is 7.11 Å². The molecular weight excluding hydrogens is 342 g/mol. The number of ether oxygens (including phenoxy) is 1. The van der Waals surface area contributed by atoms with Crippen molar-refractivity contribution in [3.63, 3.8) is 0 Å². The molecule has 0 saturated carbocycles. The normalized spacial score (nSPS) is 11.8. The lowest BCUT2D eigenvalue weighted by atomic mass is 10.1. The number of benzene rings is 2. The van der Waals surface area contributed by atoms with Crippen LogP contribution in [0.2, 0.25) is 5.02 Å². The minimum Gasteiger partial charge on any atom is -0.497 e. The molecule has 7 heteroatoms. The maximum Gasteiger partial charge on any atom is 0.329 e. The number of rotatable bonds is 5. The fraction of sp³-hybridized carbons (Fsp3) is 0.167. The first-order chi connectivity index (χ1) is 12.0. The van der Waals surface area contributed by atoms with Gasteiger partial charge in [-0.25, -0.2) is 5.43 Å². The first kappa shape index (κ1) is 18.5. The molecule has 130 valence electrons. The van der Waals surface area contributed by atoms with Crippen LogP contribution in [-0.4, -0.2) is 25.1 Å². The summed E-state index contributed by atoms with van der Waals surface area (Å²) in [6.45, 7) is 1.78. The molecule has 0 aliphatic rings. The third kappa shape index (κ3) is 5.61. The van der Waals surface area contributed by atoms with E-state index in [0.717, 1.165) is 16.9 Å². The Labute approximate surface area is 150 Å². The summed E-state index contributed by atoms with van der Waals surface area (Å²) in [4.78, 5) is 23.7. The molecule has 0 aliphatic heterocycles. The second kappa shape index (κ2) is 8.84.